The average Bonchev–Trinajstić information content (AvgIpc) is 2.73. The van der Waals surface area contributed by atoms with Gasteiger partial charge in [0.2, 0.25) is 0 Å². The number of nitrogens with one attached hydrogen (secondary N) is 1. The number of halogens is 4. The van der Waals surface area contributed by atoms with Crippen LogP contribution in [-0.4, -0.2) is 43.3 Å². The molecule has 2 heterocycles. The third kappa shape index (κ3) is 5.20. The normalized spacial score (nSPS) is 15.9. The van der Waals surface area contributed by atoms with Crippen LogP contribution in [0.1, 0.15) is 11.1 Å². The molecule has 0 amide bonds. The van der Waals surface area contributed by atoms with Crippen LogP contribution in [0.15, 0.2) is 47.6 Å². The number of amidine groups is 1. The fourth-order valence-corrected chi connectivity index (χ4v) is 2.86. The second kappa shape index (κ2) is 9.04. The standard InChI is InChI=1S/C20H19F4N5O/c21-16-12-27-19(29-5-7-30-8-6-29)10-17(16)28-18(26)9-14(11-25)13-1-3-15(4-2-13)20(22,23)24/h1-4,9-12,25H,5-8H2,(H2,26,27,28)/b14-9+,25-11?. The van der Waals surface area contributed by atoms with E-state index in [9.17, 15) is 17.6 Å². The molecule has 0 atom stereocenters. The van der Waals surface area contributed by atoms with E-state index in [-0.39, 0.29) is 17.1 Å². The van der Waals surface area contributed by atoms with E-state index in [1.54, 1.807) is 0 Å². The van der Waals surface area contributed by atoms with Gasteiger partial charge in [-0.3, -0.25) is 0 Å². The van der Waals surface area contributed by atoms with Gasteiger partial charge in [-0.15, -0.1) is 0 Å². The lowest BCUT2D eigenvalue weighted by atomic mass is 10.0. The zero-order valence-electron chi connectivity index (χ0n) is 15.8. The van der Waals surface area contributed by atoms with Crippen LogP contribution in [0.25, 0.3) is 5.57 Å². The number of nitrogens with zero attached hydrogens (tertiary/aromatic N) is 3. The Morgan fingerprint density at radius 3 is 2.47 bits per heavy atom. The summed E-state index contributed by atoms with van der Waals surface area (Å²) < 4.78 is 57.6. The highest BCUT2D eigenvalue weighted by Gasteiger charge is 2.30. The number of aliphatic imine (C=N–C) groups is 1. The van der Waals surface area contributed by atoms with Gasteiger partial charge in [-0.2, -0.15) is 13.2 Å². The van der Waals surface area contributed by atoms with Crippen molar-refractivity contribution in [3.05, 3.63) is 59.5 Å². The average molecular weight is 421 g/mol. The van der Waals surface area contributed by atoms with Gasteiger partial charge >= 0.3 is 6.18 Å². The summed E-state index contributed by atoms with van der Waals surface area (Å²) in [5.41, 5.74) is 5.63. The van der Waals surface area contributed by atoms with Crippen molar-refractivity contribution in [3.63, 3.8) is 0 Å². The van der Waals surface area contributed by atoms with Crippen molar-refractivity contribution in [2.45, 2.75) is 6.18 Å². The number of morpholine rings is 1. The number of benzene rings is 1. The number of anilines is 1. The number of rotatable bonds is 5. The second-order valence-corrected chi connectivity index (χ2v) is 6.45. The number of nitrogens with two attached hydrogens (primary N) is 1. The van der Waals surface area contributed by atoms with Crippen LogP contribution < -0.4 is 10.6 Å². The Bertz CT molecular complexity index is 964. The Hall–Kier alpha value is -3.27. The van der Waals surface area contributed by atoms with Crippen LogP contribution in [0, 0.1) is 11.2 Å². The number of alkyl halides is 3. The molecule has 158 valence electrons. The van der Waals surface area contributed by atoms with Gasteiger partial charge in [0.1, 0.15) is 17.3 Å². The van der Waals surface area contributed by atoms with Crippen LogP contribution in [0.3, 0.4) is 0 Å². The summed E-state index contributed by atoms with van der Waals surface area (Å²) >= 11 is 0. The van der Waals surface area contributed by atoms with Crippen LogP contribution in [0.2, 0.25) is 0 Å². The maximum Gasteiger partial charge on any atom is 0.416 e. The highest BCUT2D eigenvalue weighted by atomic mass is 19.4. The van der Waals surface area contributed by atoms with E-state index in [0.29, 0.717) is 37.7 Å². The number of allylic oxidation sites excluding steroid dienone is 1. The van der Waals surface area contributed by atoms with Gasteiger partial charge in [0.25, 0.3) is 0 Å². The van der Waals surface area contributed by atoms with Crippen molar-refractivity contribution < 1.29 is 22.3 Å². The number of hydrogen-bond acceptors (Lipinski definition) is 5. The molecule has 0 saturated carbocycles. The number of hydrogen-bond donors (Lipinski definition) is 2. The molecule has 0 aliphatic carbocycles. The lowest BCUT2D eigenvalue weighted by molar-refractivity contribution is -0.137. The molecular weight excluding hydrogens is 402 g/mol. The molecule has 1 aromatic heterocycles. The van der Waals surface area contributed by atoms with E-state index < -0.39 is 17.6 Å². The Kier molecular flexibility index (Phi) is 6.46. The summed E-state index contributed by atoms with van der Waals surface area (Å²) in [4.78, 5) is 10.0. The molecule has 0 unspecified atom stereocenters. The zero-order valence-corrected chi connectivity index (χ0v) is 15.8. The molecule has 6 nitrogen and oxygen atoms in total. The molecule has 2 aromatic rings. The van der Waals surface area contributed by atoms with Gasteiger partial charge in [0.15, 0.2) is 5.82 Å². The molecule has 1 aliphatic rings. The van der Waals surface area contributed by atoms with Gasteiger partial charge < -0.3 is 20.8 Å². The predicted molar refractivity (Wildman–Crippen MR) is 107 cm³/mol. The Balaban J connectivity index is 1.86. The largest absolute Gasteiger partial charge is 0.416 e. The molecular formula is C20H19F4N5O. The fraction of sp³-hybridized carbons (Fsp3) is 0.250. The monoisotopic (exact) mass is 421 g/mol. The first-order chi connectivity index (χ1) is 14.3. The van der Waals surface area contributed by atoms with Crippen molar-refractivity contribution in [3.8, 4) is 0 Å². The first kappa shape index (κ1) is 21.4. The molecule has 0 bridgehead atoms. The Morgan fingerprint density at radius 1 is 1.20 bits per heavy atom. The van der Waals surface area contributed by atoms with E-state index in [1.807, 2.05) is 4.90 Å². The van der Waals surface area contributed by atoms with Crippen LogP contribution >= 0.6 is 0 Å². The van der Waals surface area contributed by atoms with Crippen molar-refractivity contribution in [2.24, 2.45) is 10.7 Å². The maximum absolute atomic E-state index is 14.2. The number of aromatic nitrogens is 1. The highest BCUT2D eigenvalue weighted by Crippen LogP contribution is 2.30. The molecule has 1 aliphatic heterocycles. The molecule has 3 rings (SSSR count). The van der Waals surface area contributed by atoms with Crippen LogP contribution in [0.4, 0.5) is 29.1 Å². The number of pyridine rings is 1. The molecule has 1 aromatic carbocycles. The lowest BCUT2D eigenvalue weighted by Gasteiger charge is -2.27. The summed E-state index contributed by atoms with van der Waals surface area (Å²) in [6, 6.07) is 5.75. The van der Waals surface area contributed by atoms with E-state index in [2.05, 4.69) is 9.98 Å². The molecule has 0 spiro atoms. The first-order valence-corrected chi connectivity index (χ1v) is 9.00. The number of ether oxygens (including phenoxy) is 1. The van der Waals surface area contributed by atoms with Gasteiger partial charge in [0, 0.05) is 30.9 Å². The molecule has 1 fully saturated rings. The molecule has 1 saturated heterocycles. The van der Waals surface area contributed by atoms with Crippen molar-refractivity contribution in [1.82, 2.24) is 4.98 Å². The smallest absolute Gasteiger partial charge is 0.384 e. The van der Waals surface area contributed by atoms with Crippen LogP contribution in [0.5, 0.6) is 0 Å². The first-order valence-electron chi connectivity index (χ1n) is 9.00. The minimum absolute atomic E-state index is 0.0306. The summed E-state index contributed by atoms with van der Waals surface area (Å²) in [5.74, 6) is -0.244. The summed E-state index contributed by atoms with van der Waals surface area (Å²) in [6.07, 6.45) is -1.17. The van der Waals surface area contributed by atoms with Crippen molar-refractivity contribution in [2.75, 3.05) is 31.2 Å². The van der Waals surface area contributed by atoms with E-state index in [0.717, 1.165) is 24.5 Å². The van der Waals surface area contributed by atoms with E-state index in [1.165, 1.54) is 24.3 Å². The highest BCUT2D eigenvalue weighted by molar-refractivity contribution is 6.16. The van der Waals surface area contributed by atoms with E-state index in [4.69, 9.17) is 15.9 Å². The molecule has 0 radical (unpaired) electrons. The lowest BCUT2D eigenvalue weighted by Crippen LogP contribution is -2.36. The van der Waals surface area contributed by atoms with Gasteiger partial charge in [-0.05, 0) is 23.8 Å². The molecule has 10 heteroatoms. The van der Waals surface area contributed by atoms with Crippen LogP contribution in [-0.2, 0) is 10.9 Å². The summed E-state index contributed by atoms with van der Waals surface area (Å²) in [7, 11) is 0. The van der Waals surface area contributed by atoms with Crippen molar-refractivity contribution in [1.29, 1.82) is 5.41 Å². The van der Waals surface area contributed by atoms with E-state index >= 15 is 0 Å². The Morgan fingerprint density at radius 2 is 1.87 bits per heavy atom. The minimum Gasteiger partial charge on any atom is -0.384 e. The molecule has 30 heavy (non-hydrogen) atoms. The third-order valence-corrected chi connectivity index (χ3v) is 4.41. The predicted octanol–water partition coefficient (Wildman–Crippen LogP) is 3.80. The van der Waals surface area contributed by atoms with Gasteiger partial charge in [0.05, 0.1) is 25.0 Å². The third-order valence-electron chi connectivity index (χ3n) is 4.41. The summed E-state index contributed by atoms with van der Waals surface area (Å²) in [6.45, 7) is 2.31. The van der Waals surface area contributed by atoms with Gasteiger partial charge in [-0.1, -0.05) is 12.1 Å². The second-order valence-electron chi connectivity index (χ2n) is 6.45. The van der Waals surface area contributed by atoms with Crippen molar-refractivity contribution >= 4 is 29.1 Å². The van der Waals surface area contributed by atoms with Gasteiger partial charge in [-0.25, -0.2) is 14.4 Å². The fourth-order valence-electron chi connectivity index (χ4n) is 2.86. The zero-order chi connectivity index (χ0) is 21.7. The maximum atomic E-state index is 14.2. The topological polar surface area (TPSA) is 87.6 Å². The SMILES string of the molecule is N=C/C(=C\C(N)=Nc1cc(N2CCOCC2)ncc1F)c1ccc(C(F)(F)F)cc1. The Labute approximate surface area is 170 Å². The quantitative estimate of drug-likeness (QED) is 0.437. The summed E-state index contributed by atoms with van der Waals surface area (Å²) in [5, 5.41) is 7.53. The molecule has 3 N–H and O–H groups in total. The minimum atomic E-state index is -4.45.